The number of hydrogen-bond donors (Lipinski definition) is 1. The van der Waals surface area contributed by atoms with Crippen LogP contribution in [0.25, 0.3) is 0 Å². The molecule has 0 aliphatic carbocycles. The van der Waals surface area contributed by atoms with Crippen molar-refractivity contribution in [3.05, 3.63) is 11.6 Å². The molecule has 2 N–H and O–H groups in total. The summed E-state index contributed by atoms with van der Waals surface area (Å²) in [6, 6.07) is 0. The molecular weight excluding hydrogens is 232 g/mol. The number of nitrogens with zero attached hydrogens (tertiary/aromatic N) is 1. The minimum atomic E-state index is -0.361. The Morgan fingerprint density at radius 2 is 2.00 bits per heavy atom. The summed E-state index contributed by atoms with van der Waals surface area (Å²) in [5, 5.41) is 0. The number of primary amides is 1. The van der Waals surface area contributed by atoms with Crippen LogP contribution < -0.4 is 5.73 Å². The van der Waals surface area contributed by atoms with Gasteiger partial charge in [-0.05, 0) is 12.3 Å². The van der Waals surface area contributed by atoms with Crippen molar-refractivity contribution in [2.24, 2.45) is 11.7 Å². The Bertz CT molecular complexity index is 311. The van der Waals surface area contributed by atoms with Crippen molar-refractivity contribution in [2.75, 3.05) is 26.7 Å². The molecule has 5 nitrogen and oxygen atoms in total. The van der Waals surface area contributed by atoms with Gasteiger partial charge in [0.2, 0.25) is 5.91 Å². The van der Waals surface area contributed by atoms with Crippen molar-refractivity contribution < 1.29 is 14.3 Å². The number of carbonyl (C=O) groups is 2. The van der Waals surface area contributed by atoms with Crippen LogP contribution in [0.1, 0.15) is 27.2 Å². The molecule has 0 saturated heterocycles. The van der Waals surface area contributed by atoms with E-state index in [0.29, 0.717) is 24.5 Å². The summed E-state index contributed by atoms with van der Waals surface area (Å²) in [6.07, 6.45) is 2.41. The fourth-order valence-corrected chi connectivity index (χ4v) is 1.68. The van der Waals surface area contributed by atoms with Crippen LogP contribution in [0.3, 0.4) is 0 Å². The number of methoxy groups -OCH3 is 1. The Morgan fingerprint density at radius 1 is 1.39 bits per heavy atom. The predicted molar refractivity (Wildman–Crippen MR) is 70.9 cm³/mol. The van der Waals surface area contributed by atoms with Gasteiger partial charge in [0.25, 0.3) is 0 Å². The van der Waals surface area contributed by atoms with Gasteiger partial charge in [-0.3, -0.25) is 9.69 Å². The van der Waals surface area contributed by atoms with E-state index in [1.54, 1.807) is 6.08 Å². The van der Waals surface area contributed by atoms with Gasteiger partial charge < -0.3 is 10.5 Å². The van der Waals surface area contributed by atoms with E-state index in [1.165, 1.54) is 7.11 Å². The van der Waals surface area contributed by atoms with Gasteiger partial charge in [-0.25, -0.2) is 4.79 Å². The first-order valence-electron chi connectivity index (χ1n) is 6.18. The van der Waals surface area contributed by atoms with Crippen LogP contribution in [-0.4, -0.2) is 43.5 Å². The zero-order valence-electron chi connectivity index (χ0n) is 11.7. The molecular formula is C13H24N2O3. The van der Waals surface area contributed by atoms with Crippen LogP contribution >= 0.6 is 0 Å². The Hall–Kier alpha value is -1.36. The van der Waals surface area contributed by atoms with Crippen molar-refractivity contribution >= 4 is 11.9 Å². The minimum absolute atomic E-state index is 0.201. The SMILES string of the molecule is CCC(=CCN(CC(N)=O)CC(C)C)C(=O)OC. The molecule has 0 spiro atoms. The fraction of sp³-hybridized carbons (Fsp3) is 0.692. The van der Waals surface area contributed by atoms with E-state index in [4.69, 9.17) is 5.73 Å². The van der Waals surface area contributed by atoms with Crippen molar-refractivity contribution in [3.8, 4) is 0 Å². The molecule has 1 amide bonds. The third-order valence-electron chi connectivity index (χ3n) is 2.43. The van der Waals surface area contributed by atoms with E-state index in [0.717, 1.165) is 6.54 Å². The van der Waals surface area contributed by atoms with Gasteiger partial charge in [-0.1, -0.05) is 26.8 Å². The molecule has 0 aliphatic rings. The summed E-state index contributed by atoms with van der Waals surface area (Å²) in [6.45, 7) is 7.52. The normalized spacial score (nSPS) is 12.0. The molecule has 0 radical (unpaired) electrons. The number of nitrogens with two attached hydrogens (primary N) is 1. The highest BCUT2D eigenvalue weighted by molar-refractivity contribution is 5.88. The molecule has 0 fully saturated rings. The smallest absolute Gasteiger partial charge is 0.333 e. The summed E-state index contributed by atoms with van der Waals surface area (Å²) in [5.74, 6) is -0.248. The molecule has 0 unspecified atom stereocenters. The zero-order chi connectivity index (χ0) is 14.1. The molecule has 0 aromatic heterocycles. The topological polar surface area (TPSA) is 72.6 Å². The Morgan fingerprint density at radius 3 is 2.39 bits per heavy atom. The maximum absolute atomic E-state index is 11.4. The third-order valence-corrected chi connectivity index (χ3v) is 2.43. The molecule has 0 aromatic rings. The van der Waals surface area contributed by atoms with Gasteiger partial charge in [0, 0.05) is 18.7 Å². The number of ether oxygens (including phenoxy) is 1. The van der Waals surface area contributed by atoms with E-state index in [1.807, 2.05) is 11.8 Å². The second-order valence-electron chi connectivity index (χ2n) is 4.63. The maximum atomic E-state index is 11.4. The van der Waals surface area contributed by atoms with Crippen LogP contribution in [0.5, 0.6) is 0 Å². The maximum Gasteiger partial charge on any atom is 0.333 e. The molecule has 0 atom stereocenters. The van der Waals surface area contributed by atoms with Gasteiger partial charge in [-0.2, -0.15) is 0 Å². The van der Waals surface area contributed by atoms with Crippen LogP contribution in [0.15, 0.2) is 11.6 Å². The monoisotopic (exact) mass is 256 g/mol. The Kier molecular flexibility index (Phi) is 8.03. The molecule has 5 heteroatoms. The standard InChI is InChI=1S/C13H24N2O3/c1-5-11(13(17)18-4)6-7-15(8-10(2)3)9-12(14)16/h6,10H,5,7-9H2,1-4H3,(H2,14,16). The Labute approximate surface area is 109 Å². The number of esters is 1. The first-order chi connectivity index (χ1) is 8.40. The lowest BCUT2D eigenvalue weighted by molar-refractivity contribution is -0.136. The van der Waals surface area contributed by atoms with Crippen molar-refractivity contribution in [3.63, 3.8) is 0 Å². The summed E-state index contributed by atoms with van der Waals surface area (Å²) in [4.78, 5) is 24.3. The van der Waals surface area contributed by atoms with Crippen molar-refractivity contribution in [1.29, 1.82) is 0 Å². The quantitative estimate of drug-likeness (QED) is 0.518. The van der Waals surface area contributed by atoms with Gasteiger partial charge in [0.05, 0.1) is 13.7 Å². The average Bonchev–Trinajstić information content (AvgIpc) is 2.27. The van der Waals surface area contributed by atoms with Gasteiger partial charge in [-0.15, -0.1) is 0 Å². The largest absolute Gasteiger partial charge is 0.466 e. The van der Waals surface area contributed by atoms with Crippen LogP contribution in [0.4, 0.5) is 0 Å². The summed E-state index contributed by atoms with van der Waals surface area (Å²) in [5.41, 5.74) is 5.82. The summed E-state index contributed by atoms with van der Waals surface area (Å²) < 4.78 is 4.68. The Balaban J connectivity index is 4.59. The van der Waals surface area contributed by atoms with Gasteiger partial charge in [0.15, 0.2) is 0 Å². The molecule has 0 rings (SSSR count). The summed E-state index contributed by atoms with van der Waals surface area (Å²) in [7, 11) is 1.36. The zero-order valence-corrected chi connectivity index (χ0v) is 11.7. The van der Waals surface area contributed by atoms with E-state index in [-0.39, 0.29) is 18.4 Å². The van der Waals surface area contributed by atoms with Crippen molar-refractivity contribution in [2.45, 2.75) is 27.2 Å². The van der Waals surface area contributed by atoms with E-state index < -0.39 is 0 Å². The van der Waals surface area contributed by atoms with Crippen LogP contribution in [0, 0.1) is 5.92 Å². The molecule has 0 heterocycles. The second-order valence-corrected chi connectivity index (χ2v) is 4.63. The lowest BCUT2D eigenvalue weighted by Crippen LogP contribution is -2.36. The number of rotatable bonds is 8. The van der Waals surface area contributed by atoms with Crippen molar-refractivity contribution in [1.82, 2.24) is 4.90 Å². The van der Waals surface area contributed by atoms with Gasteiger partial charge >= 0.3 is 5.97 Å². The lowest BCUT2D eigenvalue weighted by atomic mass is 10.1. The molecule has 0 bridgehead atoms. The molecule has 0 aromatic carbocycles. The highest BCUT2D eigenvalue weighted by Crippen LogP contribution is 2.05. The second kappa shape index (κ2) is 8.69. The number of carbonyl (C=O) groups excluding carboxylic acids is 2. The molecule has 0 saturated carbocycles. The summed E-state index contributed by atoms with van der Waals surface area (Å²) >= 11 is 0. The molecule has 104 valence electrons. The lowest BCUT2D eigenvalue weighted by Gasteiger charge is -2.21. The first-order valence-corrected chi connectivity index (χ1v) is 6.18. The van der Waals surface area contributed by atoms with E-state index in [9.17, 15) is 9.59 Å². The first kappa shape index (κ1) is 16.6. The van der Waals surface area contributed by atoms with E-state index in [2.05, 4.69) is 18.6 Å². The fourth-order valence-electron chi connectivity index (χ4n) is 1.68. The highest BCUT2D eigenvalue weighted by Gasteiger charge is 2.11. The van der Waals surface area contributed by atoms with Crippen LogP contribution in [0.2, 0.25) is 0 Å². The number of hydrogen-bond acceptors (Lipinski definition) is 4. The predicted octanol–water partition coefficient (Wildman–Crippen LogP) is 0.939. The molecule has 0 aliphatic heterocycles. The van der Waals surface area contributed by atoms with Gasteiger partial charge in [0.1, 0.15) is 0 Å². The third kappa shape index (κ3) is 7.06. The number of amides is 1. The highest BCUT2D eigenvalue weighted by atomic mass is 16.5. The average molecular weight is 256 g/mol. The minimum Gasteiger partial charge on any atom is -0.466 e. The van der Waals surface area contributed by atoms with E-state index >= 15 is 0 Å². The molecule has 18 heavy (non-hydrogen) atoms. The van der Waals surface area contributed by atoms with Crippen LogP contribution in [-0.2, 0) is 14.3 Å².